The van der Waals surface area contributed by atoms with Crippen LogP contribution >= 0.6 is 0 Å². The molecular formula is C103H187N9. The van der Waals surface area contributed by atoms with Crippen LogP contribution in [0.2, 0.25) is 0 Å². The molecule has 0 radical (unpaired) electrons. The van der Waals surface area contributed by atoms with Crippen molar-refractivity contribution in [3.8, 4) is 0 Å². The molecule has 6 heterocycles. The number of hydrogen-bond donors (Lipinski definition) is 0. The Balaban J connectivity index is -0.000000223. The number of rotatable bonds is 0. The predicted octanol–water partition coefficient (Wildman–Crippen LogP) is 31.7. The van der Waals surface area contributed by atoms with Crippen molar-refractivity contribution in [1.82, 2.24) is 45.1 Å². The van der Waals surface area contributed by atoms with Crippen LogP contribution < -0.4 is 0 Å². The first-order valence-corrected chi connectivity index (χ1v) is 43.0. The fourth-order valence-corrected chi connectivity index (χ4v) is 11.1. The minimum atomic E-state index is 0.0663. The van der Waals surface area contributed by atoms with E-state index in [2.05, 4.69) is 384 Å². The number of nitrogens with zero attached hydrogens (tertiary/aromatic N) is 9. The molecule has 1 aromatic carbocycles. The van der Waals surface area contributed by atoms with Gasteiger partial charge in [-0.3, -0.25) is 24.9 Å². The third-order valence-corrected chi connectivity index (χ3v) is 16.2. The summed E-state index contributed by atoms with van der Waals surface area (Å²) in [5.74, 6) is 0. The molecule has 644 valence electrons. The van der Waals surface area contributed by atoms with Crippen molar-refractivity contribution in [2.75, 3.05) is 0 Å². The van der Waals surface area contributed by atoms with Crippen LogP contribution in [0.4, 0.5) is 0 Å². The molecule has 0 atom stereocenters. The van der Waals surface area contributed by atoms with Crippen molar-refractivity contribution in [3.05, 3.63) is 195 Å². The molecule has 0 fully saturated rings. The van der Waals surface area contributed by atoms with E-state index in [0.717, 1.165) is 22.8 Å². The number of pyridine rings is 3. The number of aromatic nitrogens is 9. The lowest BCUT2D eigenvalue weighted by molar-refractivity contribution is 0.498. The van der Waals surface area contributed by atoms with Gasteiger partial charge in [-0.05, 0) is 112 Å². The average Bonchev–Trinajstić information content (AvgIpc) is 0.857. The zero-order chi connectivity index (χ0) is 90.9. The summed E-state index contributed by atoms with van der Waals surface area (Å²) in [6.45, 7) is 121. The standard InChI is InChI=1S/C14H22.3C13H21N.3C12H20N2.7C2H6/c1-13(2,3)11-9-7-8-10-12(11)14(4,5)6;1-12(2,3)10-7-8-14-9-11(10)13(4,5)6;2*1-12(2,3)10-8-7-9-14-11(10)13(4,5)6;1-11(2,3)9-7-13-8-14-10(9)12(4,5)6;1-11(2,3)9-10(12(4,5)6)14-8-7-13-9;1-11(2,3)9-7-8-13-14-10(9)12(4,5)6;7*1-2/h7-10H,1-6H3;3*7-9H,1-6H3;3*7-8H,1-6H3;7*1-2H3. The van der Waals surface area contributed by atoms with Crippen LogP contribution in [0.25, 0.3) is 0 Å². The Morgan fingerprint density at radius 3 is 0.625 bits per heavy atom. The zero-order valence-electron chi connectivity index (χ0n) is 85.0. The molecule has 0 aliphatic heterocycles. The maximum absolute atomic E-state index is 4.52. The van der Waals surface area contributed by atoms with E-state index >= 15 is 0 Å². The molecule has 0 bridgehead atoms. The van der Waals surface area contributed by atoms with E-state index in [0.29, 0.717) is 0 Å². The Labute approximate surface area is 699 Å². The molecule has 0 amide bonds. The predicted molar refractivity (Wildman–Crippen MR) is 506 cm³/mol. The van der Waals surface area contributed by atoms with Gasteiger partial charge in [-0.25, -0.2) is 9.97 Å². The normalized spacial score (nSPS) is 11.8. The second-order valence-corrected chi connectivity index (χ2v) is 41.1. The van der Waals surface area contributed by atoms with Gasteiger partial charge in [0.1, 0.15) is 6.33 Å². The summed E-state index contributed by atoms with van der Waals surface area (Å²) in [6, 6.07) is 21.4. The van der Waals surface area contributed by atoms with Gasteiger partial charge >= 0.3 is 0 Å². The molecule has 0 aliphatic rings. The molecule has 112 heavy (non-hydrogen) atoms. The SMILES string of the molecule is CC.CC.CC.CC.CC.CC.CC.CC(C)(C)c1ccccc1C(C)(C)C.CC(C)(C)c1cccnc1C(C)(C)C.CC(C)(C)c1cccnc1C(C)(C)C.CC(C)(C)c1ccncc1C(C)(C)C.CC(C)(C)c1ccnnc1C(C)(C)C.CC(C)(C)c1cncnc1C(C)(C)C.CC(C)(C)c1nccnc1C(C)(C)C. The summed E-state index contributed by atoms with van der Waals surface area (Å²) >= 11 is 0. The Hall–Kier alpha value is -6.09. The third kappa shape index (κ3) is 45.9. The van der Waals surface area contributed by atoms with Crippen molar-refractivity contribution < 1.29 is 0 Å². The van der Waals surface area contributed by atoms with Crippen LogP contribution in [0, 0.1) is 0 Å². The maximum atomic E-state index is 4.52. The first-order valence-electron chi connectivity index (χ1n) is 43.0. The Kier molecular flexibility index (Phi) is 55.1. The quantitative estimate of drug-likeness (QED) is 0.146. The smallest absolute Gasteiger partial charge is 0.115 e. The molecule has 0 saturated heterocycles. The molecule has 0 spiro atoms. The van der Waals surface area contributed by atoms with Gasteiger partial charge in [-0.2, -0.15) is 10.2 Å². The monoisotopic (exact) mass is 1550 g/mol. The summed E-state index contributed by atoms with van der Waals surface area (Å²) in [6.07, 6.45) is 16.5. The Morgan fingerprint density at radius 2 is 0.393 bits per heavy atom. The molecule has 0 aliphatic carbocycles. The van der Waals surface area contributed by atoms with Crippen molar-refractivity contribution >= 4 is 0 Å². The van der Waals surface area contributed by atoms with Gasteiger partial charge < -0.3 is 0 Å². The van der Waals surface area contributed by atoms with Crippen LogP contribution in [0.1, 0.15) is 466 Å². The van der Waals surface area contributed by atoms with Gasteiger partial charge in [0.15, 0.2) is 0 Å². The van der Waals surface area contributed by atoms with Gasteiger partial charge in [0, 0.05) is 93.5 Å². The van der Waals surface area contributed by atoms with Crippen molar-refractivity contribution in [3.63, 3.8) is 0 Å². The summed E-state index contributed by atoms with van der Waals surface area (Å²) in [7, 11) is 0. The largest absolute Gasteiger partial charge is 0.264 e. The second kappa shape index (κ2) is 51.8. The Morgan fingerprint density at radius 1 is 0.170 bits per heavy atom. The fraction of sp³-hybridized carbons (Fsp3) is 0.680. The summed E-state index contributed by atoms with van der Waals surface area (Å²) < 4.78 is 0. The molecule has 7 aromatic rings. The topological polar surface area (TPSA) is 116 Å². The first-order chi connectivity index (χ1) is 50.6. The van der Waals surface area contributed by atoms with Crippen LogP contribution in [-0.4, -0.2) is 45.1 Å². The highest BCUT2D eigenvalue weighted by Crippen LogP contribution is 2.38. The average molecular weight is 1550 g/mol. The van der Waals surface area contributed by atoms with E-state index < -0.39 is 0 Å². The number of hydrogen-bond acceptors (Lipinski definition) is 9. The van der Waals surface area contributed by atoms with E-state index in [4.69, 9.17) is 0 Å². The zero-order valence-corrected chi connectivity index (χ0v) is 85.0. The van der Waals surface area contributed by atoms with E-state index in [1.807, 2.05) is 140 Å². The molecule has 0 saturated carbocycles. The lowest BCUT2D eigenvalue weighted by Gasteiger charge is -2.29. The van der Waals surface area contributed by atoms with E-state index in [1.54, 1.807) is 24.9 Å². The first kappa shape index (κ1) is 119. The number of benzene rings is 1. The van der Waals surface area contributed by atoms with Gasteiger partial charge in [-0.15, -0.1) is 0 Å². The molecule has 0 N–H and O–H groups in total. The highest BCUT2D eigenvalue weighted by Gasteiger charge is 2.32. The highest BCUT2D eigenvalue weighted by atomic mass is 15.1. The van der Waals surface area contributed by atoms with Crippen molar-refractivity contribution in [2.24, 2.45) is 0 Å². The molecule has 9 heteroatoms. The van der Waals surface area contributed by atoms with Gasteiger partial charge in [0.05, 0.1) is 22.8 Å². The summed E-state index contributed by atoms with van der Waals surface area (Å²) in [4.78, 5) is 30.7. The lowest BCUT2D eigenvalue weighted by Crippen LogP contribution is -2.24. The summed E-state index contributed by atoms with van der Waals surface area (Å²) in [5, 5.41) is 8.24. The van der Waals surface area contributed by atoms with Crippen molar-refractivity contribution in [1.29, 1.82) is 0 Å². The minimum Gasteiger partial charge on any atom is -0.264 e. The maximum Gasteiger partial charge on any atom is 0.115 e. The van der Waals surface area contributed by atoms with Crippen LogP contribution in [0.3, 0.4) is 0 Å². The highest BCUT2D eigenvalue weighted by molar-refractivity contribution is 5.39. The summed E-state index contributed by atoms with van der Waals surface area (Å²) in [5.41, 5.74) is 19.8. The van der Waals surface area contributed by atoms with Gasteiger partial charge in [0.25, 0.3) is 0 Å². The molecule has 0 unspecified atom stereocenters. The molecular weight excluding hydrogens is 1360 g/mol. The van der Waals surface area contributed by atoms with Gasteiger partial charge in [0.2, 0.25) is 0 Å². The molecule has 6 aromatic heterocycles. The van der Waals surface area contributed by atoms with Crippen molar-refractivity contribution in [2.45, 2.75) is 464 Å². The van der Waals surface area contributed by atoms with Gasteiger partial charge in [-0.1, -0.05) is 424 Å². The Bertz CT molecular complexity index is 2630. The second-order valence-electron chi connectivity index (χ2n) is 41.1. The fourth-order valence-electron chi connectivity index (χ4n) is 11.1. The minimum absolute atomic E-state index is 0.0663. The van der Waals surface area contributed by atoms with Crippen LogP contribution in [-0.2, 0) is 75.8 Å². The lowest BCUT2D eigenvalue weighted by atomic mass is 9.75. The van der Waals surface area contributed by atoms with E-state index in [9.17, 15) is 0 Å². The van der Waals surface area contributed by atoms with E-state index in [-0.39, 0.29) is 75.8 Å². The van der Waals surface area contributed by atoms with E-state index in [1.165, 1.54) is 55.9 Å². The molecule has 7 rings (SSSR count). The third-order valence-electron chi connectivity index (χ3n) is 16.2. The molecule has 9 nitrogen and oxygen atoms in total. The van der Waals surface area contributed by atoms with Crippen LogP contribution in [0.15, 0.2) is 117 Å². The van der Waals surface area contributed by atoms with Crippen LogP contribution in [0.5, 0.6) is 0 Å².